The summed E-state index contributed by atoms with van der Waals surface area (Å²) in [6.45, 7) is 2.92. The molecule has 0 unspecified atom stereocenters. The fourth-order valence-corrected chi connectivity index (χ4v) is 2.51. The first-order chi connectivity index (χ1) is 7.38. The van der Waals surface area contributed by atoms with Crippen LogP contribution in [0.25, 0.3) is 0 Å². The molecule has 6 heteroatoms. The third-order valence-corrected chi connectivity index (χ3v) is 3.34. The fraction of sp³-hybridized carbons (Fsp3) is 0.222. The second-order valence-electron chi connectivity index (χ2n) is 2.72. The number of hydrogen-bond donors (Lipinski definition) is 1. The predicted octanol–water partition coefficient (Wildman–Crippen LogP) is 2.52. The molecule has 2 rings (SSSR count). The van der Waals surface area contributed by atoms with Gasteiger partial charge in [-0.05, 0) is 30.6 Å². The SMILES string of the molecule is CCNc1cc(Sc2ncns2)ccn1. The van der Waals surface area contributed by atoms with Gasteiger partial charge >= 0.3 is 0 Å². The molecule has 78 valence electrons. The Morgan fingerprint density at radius 2 is 2.40 bits per heavy atom. The van der Waals surface area contributed by atoms with Crippen LogP contribution >= 0.6 is 23.3 Å². The molecule has 4 nitrogen and oxygen atoms in total. The molecule has 1 N–H and O–H groups in total. The van der Waals surface area contributed by atoms with Crippen LogP contribution in [0, 0.1) is 0 Å². The van der Waals surface area contributed by atoms with Crippen molar-refractivity contribution in [2.75, 3.05) is 11.9 Å². The zero-order chi connectivity index (χ0) is 10.5. The minimum atomic E-state index is 0.875. The lowest BCUT2D eigenvalue weighted by Crippen LogP contribution is -1.98. The summed E-state index contributed by atoms with van der Waals surface area (Å²) in [7, 11) is 0. The lowest BCUT2D eigenvalue weighted by atomic mass is 10.4. The van der Waals surface area contributed by atoms with Gasteiger partial charge in [-0.25, -0.2) is 9.97 Å². The number of nitrogens with zero attached hydrogens (tertiary/aromatic N) is 3. The van der Waals surface area contributed by atoms with Gasteiger partial charge in [0.15, 0.2) is 4.34 Å². The molecule has 0 saturated carbocycles. The van der Waals surface area contributed by atoms with Crippen molar-refractivity contribution in [2.45, 2.75) is 16.2 Å². The van der Waals surface area contributed by atoms with E-state index in [0.29, 0.717) is 0 Å². The molecule has 15 heavy (non-hydrogen) atoms. The summed E-state index contributed by atoms with van der Waals surface area (Å²) >= 11 is 3.00. The number of aromatic nitrogens is 3. The molecule has 0 aliphatic rings. The summed E-state index contributed by atoms with van der Waals surface area (Å²) in [5, 5.41) is 3.17. The molecular formula is C9H10N4S2. The van der Waals surface area contributed by atoms with Crippen LogP contribution < -0.4 is 5.32 Å². The van der Waals surface area contributed by atoms with Crippen LogP contribution in [0.4, 0.5) is 5.82 Å². The Labute approximate surface area is 96.3 Å². The van der Waals surface area contributed by atoms with Crippen LogP contribution in [0.3, 0.4) is 0 Å². The molecule has 0 amide bonds. The van der Waals surface area contributed by atoms with Gasteiger partial charge in [0.25, 0.3) is 0 Å². The van der Waals surface area contributed by atoms with E-state index in [0.717, 1.165) is 21.6 Å². The lowest BCUT2D eigenvalue weighted by molar-refractivity contribution is 1.14. The van der Waals surface area contributed by atoms with Gasteiger partial charge in [-0.2, -0.15) is 4.37 Å². The van der Waals surface area contributed by atoms with Crippen LogP contribution in [-0.4, -0.2) is 20.9 Å². The van der Waals surface area contributed by atoms with E-state index in [1.165, 1.54) is 11.5 Å². The molecule has 2 aromatic rings. The number of pyridine rings is 1. The zero-order valence-electron chi connectivity index (χ0n) is 8.17. The molecule has 0 spiro atoms. The summed E-state index contributed by atoms with van der Waals surface area (Å²) in [4.78, 5) is 9.44. The molecule has 0 aliphatic carbocycles. The third kappa shape index (κ3) is 2.90. The van der Waals surface area contributed by atoms with Crippen molar-refractivity contribution in [1.82, 2.24) is 14.3 Å². The quantitative estimate of drug-likeness (QED) is 0.887. The van der Waals surface area contributed by atoms with Gasteiger partial charge < -0.3 is 5.32 Å². The average molecular weight is 238 g/mol. The maximum absolute atomic E-state index is 4.20. The highest BCUT2D eigenvalue weighted by Gasteiger charge is 2.01. The van der Waals surface area contributed by atoms with Crippen molar-refractivity contribution in [3.63, 3.8) is 0 Å². The lowest BCUT2D eigenvalue weighted by Gasteiger charge is -2.03. The topological polar surface area (TPSA) is 50.7 Å². The monoisotopic (exact) mass is 238 g/mol. The molecular weight excluding hydrogens is 228 g/mol. The summed E-state index contributed by atoms with van der Waals surface area (Å²) in [5.74, 6) is 0.895. The van der Waals surface area contributed by atoms with Crippen molar-refractivity contribution < 1.29 is 0 Å². The zero-order valence-corrected chi connectivity index (χ0v) is 9.81. The van der Waals surface area contributed by atoms with Gasteiger partial charge in [0.1, 0.15) is 12.1 Å². The standard InChI is InChI=1S/C9H10N4S2/c1-2-10-8-5-7(3-4-11-8)14-9-12-6-13-15-9/h3-6H,2H2,1H3,(H,10,11). The largest absolute Gasteiger partial charge is 0.370 e. The molecule has 0 atom stereocenters. The Morgan fingerprint density at radius 1 is 1.47 bits per heavy atom. The predicted molar refractivity (Wildman–Crippen MR) is 62.4 cm³/mol. The molecule has 0 aliphatic heterocycles. The fourth-order valence-electron chi connectivity index (χ4n) is 1.06. The first-order valence-corrected chi connectivity index (χ1v) is 6.12. The average Bonchev–Trinajstić information content (AvgIpc) is 2.71. The van der Waals surface area contributed by atoms with Crippen LogP contribution in [0.15, 0.2) is 33.9 Å². The van der Waals surface area contributed by atoms with Crippen molar-refractivity contribution in [1.29, 1.82) is 0 Å². The maximum atomic E-state index is 4.20. The molecule has 2 aromatic heterocycles. The Morgan fingerprint density at radius 3 is 3.13 bits per heavy atom. The molecule has 0 bridgehead atoms. The Bertz CT molecular complexity index is 416. The number of rotatable bonds is 4. The normalized spacial score (nSPS) is 10.2. The van der Waals surface area contributed by atoms with E-state index < -0.39 is 0 Å². The van der Waals surface area contributed by atoms with Crippen LogP contribution in [-0.2, 0) is 0 Å². The molecule has 0 fully saturated rings. The summed E-state index contributed by atoms with van der Waals surface area (Å²) < 4.78 is 4.90. The molecule has 0 radical (unpaired) electrons. The van der Waals surface area contributed by atoms with Gasteiger partial charge in [-0.3, -0.25) is 0 Å². The van der Waals surface area contributed by atoms with E-state index in [-0.39, 0.29) is 0 Å². The first-order valence-electron chi connectivity index (χ1n) is 4.53. The third-order valence-electron chi connectivity index (χ3n) is 1.64. The van der Waals surface area contributed by atoms with Gasteiger partial charge in [0, 0.05) is 17.6 Å². The van der Waals surface area contributed by atoms with E-state index in [4.69, 9.17) is 0 Å². The van der Waals surface area contributed by atoms with Crippen molar-refractivity contribution >= 4 is 29.1 Å². The number of anilines is 1. The van der Waals surface area contributed by atoms with Gasteiger partial charge in [-0.15, -0.1) is 0 Å². The molecule has 2 heterocycles. The second-order valence-corrected chi connectivity index (χ2v) is 4.82. The minimum absolute atomic E-state index is 0.875. The Balaban J connectivity index is 2.11. The highest BCUT2D eigenvalue weighted by Crippen LogP contribution is 2.28. The molecule has 0 aromatic carbocycles. The van der Waals surface area contributed by atoms with Crippen LogP contribution in [0.1, 0.15) is 6.92 Å². The van der Waals surface area contributed by atoms with Gasteiger partial charge in [0.2, 0.25) is 0 Å². The Kier molecular flexibility index (Phi) is 3.52. The maximum Gasteiger partial charge on any atom is 0.174 e. The first kappa shape index (κ1) is 10.4. The van der Waals surface area contributed by atoms with Crippen LogP contribution in [0.5, 0.6) is 0 Å². The van der Waals surface area contributed by atoms with Gasteiger partial charge in [-0.1, -0.05) is 11.8 Å². The second kappa shape index (κ2) is 5.09. The smallest absolute Gasteiger partial charge is 0.174 e. The summed E-state index contributed by atoms with van der Waals surface area (Å²) in [5.41, 5.74) is 0. The van der Waals surface area contributed by atoms with E-state index in [1.54, 1.807) is 24.3 Å². The van der Waals surface area contributed by atoms with Crippen molar-refractivity contribution in [3.8, 4) is 0 Å². The van der Waals surface area contributed by atoms with E-state index in [1.807, 2.05) is 19.1 Å². The van der Waals surface area contributed by atoms with E-state index >= 15 is 0 Å². The highest BCUT2D eigenvalue weighted by molar-refractivity contribution is 8.01. The van der Waals surface area contributed by atoms with Gasteiger partial charge in [0.05, 0.1) is 0 Å². The van der Waals surface area contributed by atoms with Crippen molar-refractivity contribution in [3.05, 3.63) is 24.7 Å². The summed E-state index contributed by atoms with van der Waals surface area (Å²) in [6.07, 6.45) is 3.36. The number of hydrogen-bond acceptors (Lipinski definition) is 6. The summed E-state index contributed by atoms with van der Waals surface area (Å²) in [6, 6.07) is 3.97. The van der Waals surface area contributed by atoms with Crippen molar-refractivity contribution in [2.24, 2.45) is 0 Å². The van der Waals surface area contributed by atoms with E-state index in [9.17, 15) is 0 Å². The number of nitrogens with one attached hydrogen (secondary N) is 1. The Hall–Kier alpha value is -1.14. The highest BCUT2D eigenvalue weighted by atomic mass is 32.2. The minimum Gasteiger partial charge on any atom is -0.370 e. The molecule has 0 saturated heterocycles. The van der Waals surface area contributed by atoms with E-state index in [2.05, 4.69) is 19.7 Å². The van der Waals surface area contributed by atoms with Crippen LogP contribution in [0.2, 0.25) is 0 Å².